The van der Waals surface area contributed by atoms with Gasteiger partial charge in [0.25, 0.3) is 5.91 Å². The van der Waals surface area contributed by atoms with Gasteiger partial charge in [0, 0.05) is 31.1 Å². The van der Waals surface area contributed by atoms with Gasteiger partial charge in [0.05, 0.1) is 30.4 Å². The van der Waals surface area contributed by atoms with E-state index in [2.05, 4.69) is 10.6 Å². The number of amides is 4. The molecule has 1 heterocycles. The largest absolute Gasteiger partial charge is 0.485 e. The zero-order chi connectivity index (χ0) is 27.9. The monoisotopic (exact) mass is 536 g/mol. The number of ether oxygens (including phenoxy) is 1. The van der Waals surface area contributed by atoms with Crippen LogP contribution < -0.4 is 15.4 Å². The van der Waals surface area contributed by atoms with Crippen LogP contribution in [-0.4, -0.2) is 71.6 Å². The molecule has 2 aromatic rings. The number of likely N-dealkylation sites (N-methyl/N-ethyl adjacent to an activating group) is 1. The van der Waals surface area contributed by atoms with E-state index in [4.69, 9.17) is 4.74 Å². The Morgan fingerprint density at radius 2 is 1.79 bits per heavy atom. The molecule has 0 spiro atoms. The molecule has 0 aromatic heterocycles. The van der Waals surface area contributed by atoms with Crippen molar-refractivity contribution in [2.45, 2.75) is 58.1 Å². The van der Waals surface area contributed by atoms with E-state index in [0.717, 1.165) is 32.1 Å². The normalized spacial score (nSPS) is 20.6. The highest BCUT2D eigenvalue weighted by Crippen LogP contribution is 2.36. The molecule has 1 aliphatic heterocycles. The lowest BCUT2D eigenvalue weighted by Crippen LogP contribution is -2.50. The topological polar surface area (TPSA) is 111 Å². The number of anilines is 2. The van der Waals surface area contributed by atoms with E-state index in [1.54, 1.807) is 42.0 Å². The number of benzene rings is 2. The summed E-state index contributed by atoms with van der Waals surface area (Å²) >= 11 is 0. The second kappa shape index (κ2) is 13.0. The highest BCUT2D eigenvalue weighted by atomic mass is 16.5. The fourth-order valence-electron chi connectivity index (χ4n) is 5.25. The highest BCUT2D eigenvalue weighted by Gasteiger charge is 2.35. The van der Waals surface area contributed by atoms with E-state index in [9.17, 15) is 19.5 Å². The number of fused-ring (bicyclic) bond motifs is 1. The number of nitrogens with zero attached hydrogens (tertiary/aromatic N) is 2. The van der Waals surface area contributed by atoms with Crippen LogP contribution in [0.25, 0.3) is 0 Å². The lowest BCUT2D eigenvalue weighted by atomic mass is 9.88. The molecule has 0 unspecified atom stereocenters. The Kier molecular flexibility index (Phi) is 9.45. The first-order valence-corrected chi connectivity index (χ1v) is 13.9. The molecule has 1 saturated carbocycles. The molecular weight excluding hydrogens is 496 g/mol. The summed E-state index contributed by atoms with van der Waals surface area (Å²) in [5.74, 6) is -0.265. The van der Waals surface area contributed by atoms with Gasteiger partial charge in [0.2, 0.25) is 5.91 Å². The zero-order valence-corrected chi connectivity index (χ0v) is 23.1. The first-order valence-electron chi connectivity index (χ1n) is 13.9. The van der Waals surface area contributed by atoms with Crippen molar-refractivity contribution in [3.8, 4) is 5.75 Å². The molecule has 3 atom stereocenters. The van der Waals surface area contributed by atoms with Crippen LogP contribution in [0.4, 0.5) is 16.2 Å². The maximum atomic E-state index is 13.7. The summed E-state index contributed by atoms with van der Waals surface area (Å²) in [6, 6.07) is 13.7. The highest BCUT2D eigenvalue weighted by molar-refractivity contribution is 6.02. The summed E-state index contributed by atoms with van der Waals surface area (Å²) in [5.41, 5.74) is 1.46. The number of aliphatic hydroxyl groups is 1. The van der Waals surface area contributed by atoms with Gasteiger partial charge in [0.15, 0.2) is 5.75 Å². The summed E-state index contributed by atoms with van der Waals surface area (Å²) in [5, 5.41) is 15.8. The predicted octanol–water partition coefficient (Wildman–Crippen LogP) is 4.59. The van der Waals surface area contributed by atoms with Gasteiger partial charge in [-0.2, -0.15) is 0 Å². The molecule has 0 radical (unpaired) electrons. The third-order valence-corrected chi connectivity index (χ3v) is 7.75. The van der Waals surface area contributed by atoms with Gasteiger partial charge in [-0.3, -0.25) is 9.59 Å². The minimum absolute atomic E-state index is 0.0627. The van der Waals surface area contributed by atoms with Crippen molar-refractivity contribution < 1.29 is 24.2 Å². The lowest BCUT2D eigenvalue weighted by molar-refractivity contribution is -0.120. The van der Waals surface area contributed by atoms with Crippen molar-refractivity contribution in [1.82, 2.24) is 9.80 Å². The Labute approximate surface area is 230 Å². The van der Waals surface area contributed by atoms with Crippen molar-refractivity contribution in [3.63, 3.8) is 0 Å². The molecule has 210 valence electrons. The fraction of sp³-hybridized carbons (Fsp3) is 0.500. The zero-order valence-electron chi connectivity index (χ0n) is 23.1. The number of rotatable bonds is 7. The Morgan fingerprint density at radius 1 is 1.08 bits per heavy atom. The standard InChI is InChI=1S/C30H40N4O5/c1-20-17-34(21(2)19-35)29(37)24-15-10-16-25(32-28(36)22-11-6-4-7-12-22)27(24)39-26(20)18-33(3)30(38)31-23-13-8-5-9-14-23/h5,8-10,13-16,20-22,26,35H,4,6-7,11-12,17-19H2,1-3H3,(H,31,38)(H,32,36)/t20-,21+,26-/m0/s1. The summed E-state index contributed by atoms with van der Waals surface area (Å²) in [6.07, 6.45) is 4.43. The molecule has 0 saturated heterocycles. The van der Waals surface area contributed by atoms with Crippen LogP contribution in [0.15, 0.2) is 48.5 Å². The van der Waals surface area contributed by atoms with Gasteiger partial charge in [0.1, 0.15) is 6.10 Å². The summed E-state index contributed by atoms with van der Waals surface area (Å²) in [7, 11) is 1.70. The average Bonchev–Trinajstić information content (AvgIpc) is 2.95. The van der Waals surface area contributed by atoms with Crippen LogP contribution >= 0.6 is 0 Å². The summed E-state index contributed by atoms with van der Waals surface area (Å²) in [4.78, 5) is 43.0. The van der Waals surface area contributed by atoms with Crippen LogP contribution in [0, 0.1) is 11.8 Å². The fourth-order valence-corrected chi connectivity index (χ4v) is 5.25. The Morgan fingerprint density at radius 3 is 2.49 bits per heavy atom. The number of urea groups is 1. The Hall–Kier alpha value is -3.59. The van der Waals surface area contributed by atoms with E-state index in [-0.39, 0.29) is 42.8 Å². The minimum Gasteiger partial charge on any atom is -0.485 e. The van der Waals surface area contributed by atoms with E-state index in [0.29, 0.717) is 29.2 Å². The number of aliphatic hydroxyl groups excluding tert-OH is 1. The second-order valence-electron chi connectivity index (χ2n) is 10.8. The van der Waals surface area contributed by atoms with Crippen molar-refractivity contribution in [3.05, 3.63) is 54.1 Å². The first kappa shape index (κ1) is 28.4. The molecule has 2 aromatic carbocycles. The molecule has 39 heavy (non-hydrogen) atoms. The molecular formula is C30H40N4O5. The SMILES string of the molecule is C[C@H](CO)N1C[C@H](C)[C@H](CN(C)C(=O)Nc2ccccc2)Oc2c(NC(=O)C3CCCCC3)cccc2C1=O. The van der Waals surface area contributed by atoms with Gasteiger partial charge in [-0.25, -0.2) is 4.79 Å². The van der Waals surface area contributed by atoms with E-state index in [1.807, 2.05) is 37.3 Å². The van der Waals surface area contributed by atoms with Gasteiger partial charge in [-0.15, -0.1) is 0 Å². The number of carbonyl (C=O) groups is 3. The number of nitrogens with one attached hydrogen (secondary N) is 2. The van der Waals surface area contributed by atoms with E-state index >= 15 is 0 Å². The smallest absolute Gasteiger partial charge is 0.321 e. The quantitative estimate of drug-likeness (QED) is 0.479. The number of hydrogen-bond donors (Lipinski definition) is 3. The minimum atomic E-state index is -0.482. The van der Waals surface area contributed by atoms with Gasteiger partial charge < -0.3 is 30.3 Å². The molecule has 9 nitrogen and oxygen atoms in total. The van der Waals surface area contributed by atoms with Crippen LogP contribution in [0.3, 0.4) is 0 Å². The molecule has 4 amide bonds. The molecule has 3 N–H and O–H groups in total. The van der Waals surface area contributed by atoms with Gasteiger partial charge in [-0.05, 0) is 44.0 Å². The Balaban J connectivity index is 1.62. The van der Waals surface area contributed by atoms with Crippen LogP contribution in [0.5, 0.6) is 5.75 Å². The molecule has 9 heteroatoms. The van der Waals surface area contributed by atoms with Crippen LogP contribution in [0.1, 0.15) is 56.3 Å². The molecule has 1 aliphatic carbocycles. The summed E-state index contributed by atoms with van der Waals surface area (Å²) in [6.45, 7) is 4.18. The van der Waals surface area contributed by atoms with Gasteiger partial charge in [-0.1, -0.05) is 50.5 Å². The summed E-state index contributed by atoms with van der Waals surface area (Å²) < 4.78 is 6.53. The first-order chi connectivity index (χ1) is 18.8. The number of carbonyl (C=O) groups excluding carboxylic acids is 3. The van der Waals surface area contributed by atoms with Crippen molar-refractivity contribution in [1.29, 1.82) is 0 Å². The van der Waals surface area contributed by atoms with Crippen molar-refractivity contribution in [2.75, 3.05) is 37.4 Å². The molecule has 0 bridgehead atoms. The number of hydrogen-bond acceptors (Lipinski definition) is 5. The van der Waals surface area contributed by atoms with Crippen molar-refractivity contribution in [2.24, 2.45) is 11.8 Å². The molecule has 4 rings (SSSR count). The molecule has 2 aliphatic rings. The van der Waals surface area contributed by atoms with Crippen LogP contribution in [-0.2, 0) is 4.79 Å². The second-order valence-corrected chi connectivity index (χ2v) is 10.8. The lowest BCUT2D eigenvalue weighted by Gasteiger charge is -2.38. The molecule has 1 fully saturated rings. The third kappa shape index (κ3) is 6.89. The van der Waals surface area contributed by atoms with E-state index < -0.39 is 12.1 Å². The average molecular weight is 537 g/mol. The predicted molar refractivity (Wildman–Crippen MR) is 151 cm³/mol. The maximum Gasteiger partial charge on any atom is 0.321 e. The Bertz CT molecular complexity index is 1150. The van der Waals surface area contributed by atoms with Crippen LogP contribution in [0.2, 0.25) is 0 Å². The third-order valence-electron chi connectivity index (χ3n) is 7.75. The number of para-hydroxylation sites is 2. The maximum absolute atomic E-state index is 13.7. The van der Waals surface area contributed by atoms with Crippen molar-refractivity contribution >= 4 is 29.2 Å². The van der Waals surface area contributed by atoms with Gasteiger partial charge >= 0.3 is 6.03 Å². The van der Waals surface area contributed by atoms with E-state index in [1.165, 1.54) is 0 Å².